The van der Waals surface area contributed by atoms with Crippen LogP contribution in [0.3, 0.4) is 0 Å². The third-order valence-electron chi connectivity index (χ3n) is 3.55. The third-order valence-corrected chi connectivity index (χ3v) is 3.55. The minimum absolute atomic E-state index is 0.246. The monoisotopic (exact) mass is 276 g/mol. The molecule has 0 radical (unpaired) electrons. The molecule has 0 saturated heterocycles. The summed E-state index contributed by atoms with van der Waals surface area (Å²) in [5.74, 6) is -1.22. The summed E-state index contributed by atoms with van der Waals surface area (Å²) < 4.78 is 0. The normalized spacial score (nSPS) is 17.9. The maximum atomic E-state index is 12.2. The van der Waals surface area contributed by atoms with Gasteiger partial charge in [0.15, 0.2) is 0 Å². The largest absolute Gasteiger partial charge is 0.480 e. The lowest BCUT2D eigenvalue weighted by Gasteiger charge is -2.17. The van der Waals surface area contributed by atoms with Gasteiger partial charge in [-0.15, -0.1) is 0 Å². The molecule has 5 nitrogen and oxygen atoms in total. The van der Waals surface area contributed by atoms with Crippen molar-refractivity contribution < 1.29 is 14.7 Å². The number of nitrogens with one attached hydrogen (secondary N) is 2. The van der Waals surface area contributed by atoms with Crippen LogP contribution < -0.4 is 10.6 Å². The number of rotatable bonds is 6. The Hall–Kier alpha value is -2.04. The molecule has 2 rings (SSSR count). The third kappa shape index (κ3) is 3.29. The van der Waals surface area contributed by atoms with Crippen molar-refractivity contribution in [3.63, 3.8) is 0 Å². The van der Waals surface area contributed by atoms with Gasteiger partial charge in [0.1, 0.15) is 12.1 Å². The zero-order valence-corrected chi connectivity index (χ0v) is 11.6. The van der Waals surface area contributed by atoms with Crippen LogP contribution in [0.1, 0.15) is 31.7 Å². The second-order valence-electron chi connectivity index (χ2n) is 5.10. The number of hydrogen-bond donors (Lipinski definition) is 3. The summed E-state index contributed by atoms with van der Waals surface area (Å²) in [7, 11) is 0. The highest BCUT2D eigenvalue weighted by Crippen LogP contribution is 2.25. The van der Waals surface area contributed by atoms with Gasteiger partial charge in [-0.2, -0.15) is 0 Å². The van der Waals surface area contributed by atoms with Crippen molar-refractivity contribution in [2.24, 2.45) is 0 Å². The number of carboxylic acid groups (broad SMARTS) is 1. The van der Waals surface area contributed by atoms with E-state index in [1.165, 1.54) is 0 Å². The molecule has 1 amide bonds. The molecular weight excluding hydrogens is 256 g/mol. The molecule has 0 aliphatic carbocycles. The van der Waals surface area contributed by atoms with E-state index in [2.05, 4.69) is 10.6 Å². The average Bonchev–Trinajstić information content (AvgIpc) is 2.86. The van der Waals surface area contributed by atoms with Gasteiger partial charge in [-0.25, -0.2) is 4.79 Å². The van der Waals surface area contributed by atoms with Crippen LogP contribution in [0.4, 0.5) is 5.69 Å². The Morgan fingerprint density at radius 1 is 1.45 bits per heavy atom. The topological polar surface area (TPSA) is 78.4 Å². The fourth-order valence-corrected chi connectivity index (χ4v) is 2.39. The molecule has 2 atom stereocenters. The van der Waals surface area contributed by atoms with Crippen molar-refractivity contribution in [3.05, 3.63) is 29.8 Å². The molecule has 1 unspecified atom stereocenters. The van der Waals surface area contributed by atoms with E-state index in [9.17, 15) is 9.59 Å². The molecule has 0 fully saturated rings. The number of aliphatic carboxylic acids is 1. The Morgan fingerprint density at radius 3 is 2.85 bits per heavy atom. The van der Waals surface area contributed by atoms with Crippen LogP contribution in [0, 0.1) is 0 Å². The first-order chi connectivity index (χ1) is 9.61. The van der Waals surface area contributed by atoms with E-state index >= 15 is 0 Å². The quantitative estimate of drug-likeness (QED) is 0.740. The number of para-hydroxylation sites is 1. The van der Waals surface area contributed by atoms with Crippen molar-refractivity contribution in [1.82, 2.24) is 5.32 Å². The van der Waals surface area contributed by atoms with E-state index in [-0.39, 0.29) is 11.9 Å². The molecule has 0 spiro atoms. The van der Waals surface area contributed by atoms with Gasteiger partial charge in [-0.05, 0) is 18.1 Å². The number of carboxylic acids is 1. The summed E-state index contributed by atoms with van der Waals surface area (Å²) in [5.41, 5.74) is 2.04. The first-order valence-electron chi connectivity index (χ1n) is 6.99. The number of benzene rings is 1. The molecule has 5 heteroatoms. The molecular formula is C15H20N2O3. The molecule has 0 saturated carbocycles. The Labute approximate surface area is 118 Å². The number of carbonyl (C=O) groups excluding carboxylic acids is 1. The van der Waals surface area contributed by atoms with E-state index < -0.39 is 12.0 Å². The highest BCUT2D eigenvalue weighted by atomic mass is 16.4. The summed E-state index contributed by atoms with van der Waals surface area (Å²) >= 11 is 0. The molecule has 20 heavy (non-hydrogen) atoms. The Morgan fingerprint density at radius 2 is 2.20 bits per heavy atom. The minimum Gasteiger partial charge on any atom is -0.480 e. The Kier molecular flexibility index (Phi) is 4.61. The summed E-state index contributed by atoms with van der Waals surface area (Å²) in [6, 6.07) is 6.56. The van der Waals surface area contributed by atoms with Crippen molar-refractivity contribution in [2.75, 3.05) is 5.32 Å². The zero-order chi connectivity index (χ0) is 14.5. The average molecular weight is 276 g/mol. The number of hydrogen-bond acceptors (Lipinski definition) is 3. The number of amides is 1. The molecule has 1 aliphatic heterocycles. The second kappa shape index (κ2) is 6.41. The molecule has 0 aromatic heterocycles. The molecule has 0 bridgehead atoms. The highest BCUT2D eigenvalue weighted by Gasteiger charge is 2.29. The van der Waals surface area contributed by atoms with Crippen LogP contribution in [0.25, 0.3) is 0 Å². The summed E-state index contributed by atoms with van der Waals surface area (Å²) in [4.78, 5) is 23.3. The van der Waals surface area contributed by atoms with Crippen LogP contribution >= 0.6 is 0 Å². The molecule has 108 valence electrons. The van der Waals surface area contributed by atoms with Crippen molar-refractivity contribution in [1.29, 1.82) is 0 Å². The number of fused-ring (bicyclic) bond motifs is 1. The van der Waals surface area contributed by atoms with Crippen LogP contribution in [-0.2, 0) is 16.0 Å². The van der Waals surface area contributed by atoms with Gasteiger partial charge in [-0.3, -0.25) is 4.79 Å². The fourth-order valence-electron chi connectivity index (χ4n) is 2.39. The van der Waals surface area contributed by atoms with Gasteiger partial charge >= 0.3 is 5.97 Å². The van der Waals surface area contributed by atoms with Crippen molar-refractivity contribution in [3.8, 4) is 0 Å². The van der Waals surface area contributed by atoms with Gasteiger partial charge in [0, 0.05) is 12.1 Å². The minimum atomic E-state index is -0.970. The lowest BCUT2D eigenvalue weighted by molar-refractivity contribution is -0.142. The standard InChI is InChI=1S/C15H20N2O3/c1-2-3-7-12(15(19)20)17-14(18)13-9-10-6-4-5-8-11(10)16-13/h4-6,8,12-13,16H,2-3,7,9H2,1H3,(H,17,18)(H,19,20)/t12-,13?/m0/s1. The summed E-state index contributed by atoms with van der Waals surface area (Å²) in [6.45, 7) is 2.00. The molecule has 1 aromatic rings. The SMILES string of the molecule is CCCC[C@H](NC(=O)C1Cc2ccccc2N1)C(=O)O. The summed E-state index contributed by atoms with van der Waals surface area (Å²) in [6.07, 6.45) is 2.77. The van der Waals surface area contributed by atoms with E-state index in [1.54, 1.807) is 0 Å². The van der Waals surface area contributed by atoms with E-state index in [0.29, 0.717) is 12.8 Å². The molecule has 1 aliphatic rings. The molecule has 3 N–H and O–H groups in total. The van der Waals surface area contributed by atoms with E-state index in [1.807, 2.05) is 31.2 Å². The van der Waals surface area contributed by atoms with Crippen LogP contribution in [-0.4, -0.2) is 29.1 Å². The lowest BCUT2D eigenvalue weighted by Crippen LogP contribution is -2.47. The zero-order valence-electron chi connectivity index (χ0n) is 11.6. The van der Waals surface area contributed by atoms with Crippen molar-refractivity contribution in [2.45, 2.75) is 44.7 Å². The highest BCUT2D eigenvalue weighted by molar-refractivity contribution is 5.90. The number of anilines is 1. The van der Waals surface area contributed by atoms with Crippen molar-refractivity contribution >= 4 is 17.6 Å². The Bertz CT molecular complexity index is 477. The molecule has 1 aromatic carbocycles. The smallest absolute Gasteiger partial charge is 0.326 e. The van der Waals surface area contributed by atoms with Crippen LogP contribution in [0.5, 0.6) is 0 Å². The predicted molar refractivity (Wildman–Crippen MR) is 76.6 cm³/mol. The number of unbranched alkanes of at least 4 members (excludes halogenated alkanes) is 1. The van der Waals surface area contributed by atoms with Gasteiger partial charge in [0.2, 0.25) is 5.91 Å². The van der Waals surface area contributed by atoms with E-state index in [4.69, 9.17) is 5.11 Å². The van der Waals surface area contributed by atoms with Crippen LogP contribution in [0.15, 0.2) is 24.3 Å². The second-order valence-corrected chi connectivity index (χ2v) is 5.10. The predicted octanol–water partition coefficient (Wildman–Crippen LogP) is 1.78. The van der Waals surface area contributed by atoms with Crippen LogP contribution in [0.2, 0.25) is 0 Å². The van der Waals surface area contributed by atoms with Gasteiger partial charge < -0.3 is 15.7 Å². The van der Waals surface area contributed by atoms with Gasteiger partial charge in [0.05, 0.1) is 0 Å². The van der Waals surface area contributed by atoms with E-state index in [0.717, 1.165) is 24.1 Å². The Balaban J connectivity index is 1.94. The maximum absolute atomic E-state index is 12.2. The first kappa shape index (κ1) is 14.4. The summed E-state index contributed by atoms with van der Waals surface area (Å²) in [5, 5.41) is 14.9. The number of carbonyl (C=O) groups is 2. The lowest BCUT2D eigenvalue weighted by atomic mass is 10.1. The van der Waals surface area contributed by atoms with Gasteiger partial charge in [-0.1, -0.05) is 38.0 Å². The fraction of sp³-hybridized carbons (Fsp3) is 0.467. The molecule has 1 heterocycles. The maximum Gasteiger partial charge on any atom is 0.326 e. The van der Waals surface area contributed by atoms with Gasteiger partial charge in [0.25, 0.3) is 0 Å². The first-order valence-corrected chi connectivity index (χ1v) is 6.99.